The fourth-order valence-electron chi connectivity index (χ4n) is 9.97. The molecule has 6 heterocycles. The maximum atomic E-state index is 13.9. The maximum Gasteiger partial charge on any atom is 0.408 e. The van der Waals surface area contributed by atoms with E-state index in [0.29, 0.717) is 30.7 Å². The van der Waals surface area contributed by atoms with Gasteiger partial charge in [0.05, 0.1) is 73.3 Å². The number of amides is 5. The molecule has 400 valence electrons. The van der Waals surface area contributed by atoms with Gasteiger partial charge in [-0.25, -0.2) is 24.7 Å². The van der Waals surface area contributed by atoms with Crippen LogP contribution in [0.3, 0.4) is 0 Å². The number of rotatable bonds is 9. The molecule has 2 saturated heterocycles. The van der Waals surface area contributed by atoms with Crippen molar-refractivity contribution in [1.29, 1.82) is 0 Å². The van der Waals surface area contributed by atoms with Gasteiger partial charge in [-0.15, -0.1) is 35.1 Å². The Hall–Kier alpha value is -5.24. The first-order valence-corrected chi connectivity index (χ1v) is 26.6. The summed E-state index contributed by atoms with van der Waals surface area (Å²) in [4.78, 5) is 88.9. The number of aryl methyl sites for hydroxylation is 2. The summed E-state index contributed by atoms with van der Waals surface area (Å²) in [6.45, 7) is 24.6. The Labute approximate surface area is 449 Å². The quantitative estimate of drug-likeness (QED) is 0.125. The van der Waals surface area contributed by atoms with Crippen LogP contribution in [0.4, 0.5) is 4.79 Å². The molecule has 4 aromatic rings. The predicted molar refractivity (Wildman–Crippen MR) is 293 cm³/mol. The molecule has 8 atom stereocenters. The van der Waals surface area contributed by atoms with Crippen LogP contribution >= 0.6 is 35.1 Å². The third-order valence-corrected chi connectivity index (χ3v) is 16.4. The predicted octanol–water partition coefficient (Wildman–Crippen LogP) is 8.15. The summed E-state index contributed by atoms with van der Waals surface area (Å²) in [5, 5.41) is 23.7. The number of alkyl carbamates (subject to hydrolysis) is 1. The number of hydrogen-bond donors (Lipinski definition) is 4. The van der Waals surface area contributed by atoms with Crippen LogP contribution in [0.1, 0.15) is 124 Å². The molecule has 5 amide bonds. The van der Waals surface area contributed by atoms with Crippen LogP contribution in [0.5, 0.6) is 0 Å². The van der Waals surface area contributed by atoms with Gasteiger partial charge in [-0.05, 0) is 81.5 Å². The topological polar surface area (TPSA) is 230 Å². The van der Waals surface area contributed by atoms with Gasteiger partial charge < -0.3 is 35.8 Å². The molecule has 74 heavy (non-hydrogen) atoms. The number of carbonyl (C=O) groups is 5. The molecular formula is C55H73ClN8O8S2. The van der Waals surface area contributed by atoms with E-state index < -0.39 is 69.7 Å². The van der Waals surface area contributed by atoms with Crippen molar-refractivity contribution in [3.8, 4) is 20.9 Å². The molecule has 0 aliphatic carbocycles. The van der Waals surface area contributed by atoms with Crippen molar-refractivity contribution in [1.82, 2.24) is 25.1 Å². The van der Waals surface area contributed by atoms with E-state index in [2.05, 4.69) is 25.3 Å². The summed E-state index contributed by atoms with van der Waals surface area (Å²) < 4.78 is 5.41. The number of aliphatic imine (C=N–C) groups is 2. The number of ether oxygens (including phenoxy) is 1. The van der Waals surface area contributed by atoms with Gasteiger partial charge in [-0.3, -0.25) is 19.2 Å². The zero-order valence-corrected chi connectivity index (χ0v) is 47.3. The number of benzene rings is 2. The molecule has 5 N–H and O–H groups in total. The Balaban J connectivity index is 0.000000242. The van der Waals surface area contributed by atoms with E-state index in [1.54, 1.807) is 53.2 Å². The van der Waals surface area contributed by atoms with E-state index >= 15 is 0 Å². The number of thiazole rings is 2. The first kappa shape index (κ1) is 58.0. The fraction of sp³-hybridized carbons (Fsp3) is 0.545. The van der Waals surface area contributed by atoms with Crippen LogP contribution in [-0.2, 0) is 34.7 Å². The first-order chi connectivity index (χ1) is 33.9. The molecule has 4 aliphatic rings. The van der Waals surface area contributed by atoms with Crippen molar-refractivity contribution in [3.63, 3.8) is 0 Å². The molecule has 2 fully saturated rings. The number of nitrogens with zero attached hydrogens (tertiary/aromatic N) is 6. The molecule has 2 aromatic carbocycles. The average Bonchev–Trinajstić information content (AvgIpc) is 4.18. The first-order valence-electron chi connectivity index (χ1n) is 24.9. The highest BCUT2D eigenvalue weighted by molar-refractivity contribution is 7.13. The number of carbonyl (C=O) groups excluding carboxylic acids is 5. The van der Waals surface area contributed by atoms with E-state index in [4.69, 9.17) is 10.5 Å². The van der Waals surface area contributed by atoms with Crippen LogP contribution in [0.2, 0.25) is 0 Å². The number of hydrogen-bond acceptors (Lipinski definition) is 13. The number of aliphatic hydroxyl groups excluding tert-OH is 2. The number of likely N-dealkylation sites (tertiary alicyclic amines) is 2. The number of nitrogens with two attached hydrogens (primary N) is 1. The van der Waals surface area contributed by atoms with Crippen molar-refractivity contribution in [2.24, 2.45) is 26.5 Å². The van der Waals surface area contributed by atoms with Crippen LogP contribution in [0.15, 0.2) is 69.5 Å². The lowest BCUT2D eigenvalue weighted by Crippen LogP contribution is -2.57. The molecule has 2 unspecified atom stereocenters. The molecule has 19 heteroatoms. The maximum absolute atomic E-state index is 13.9. The van der Waals surface area contributed by atoms with E-state index in [1.807, 2.05) is 129 Å². The van der Waals surface area contributed by atoms with Gasteiger partial charge in [0.2, 0.25) is 11.8 Å². The second-order valence-electron chi connectivity index (χ2n) is 23.6. The highest BCUT2D eigenvalue weighted by atomic mass is 35.5. The number of halogens is 1. The minimum absolute atomic E-state index is 0. The molecule has 4 aliphatic heterocycles. The molecule has 0 spiro atoms. The van der Waals surface area contributed by atoms with Crippen molar-refractivity contribution < 1.29 is 38.9 Å². The van der Waals surface area contributed by atoms with Gasteiger partial charge in [-0.1, -0.05) is 90.1 Å². The number of nitrogens with one attached hydrogen (secondary N) is 1. The van der Waals surface area contributed by atoms with Crippen LogP contribution in [-0.4, -0.2) is 126 Å². The summed E-state index contributed by atoms with van der Waals surface area (Å²) in [6, 6.07) is 13.3. The zero-order chi connectivity index (χ0) is 53.7. The Bertz CT molecular complexity index is 2810. The molecule has 0 bridgehead atoms. The summed E-state index contributed by atoms with van der Waals surface area (Å²) in [5.41, 5.74) is 13.5. The fourth-order valence-corrected chi connectivity index (χ4v) is 11.6. The SMILES string of the molecule is Cc1ncsc1-c1ccc([C@]2(C)CC(C3C[C@@H](O)CN3C(=O)[C@@H](N)C(C)(C)C)=NC2=O)cc1.Cc1ncsc1-c1ccc([C@]2(C)CC(C3C[C@@H](O)CN3C(=O)[C@@H](NC(=O)OC(C)(C)C)C(C)(C)C)=NC2=O)cc1.Cl. The van der Waals surface area contributed by atoms with E-state index in [9.17, 15) is 34.2 Å². The second-order valence-corrected chi connectivity index (χ2v) is 25.3. The minimum Gasteiger partial charge on any atom is -0.444 e. The van der Waals surface area contributed by atoms with Crippen molar-refractivity contribution in [3.05, 3.63) is 82.1 Å². The van der Waals surface area contributed by atoms with Crippen LogP contribution in [0.25, 0.3) is 20.9 Å². The van der Waals surface area contributed by atoms with Crippen molar-refractivity contribution >= 4 is 76.2 Å². The van der Waals surface area contributed by atoms with Gasteiger partial charge in [0.15, 0.2) is 0 Å². The average molecular weight is 1070 g/mol. The van der Waals surface area contributed by atoms with E-state index in [0.717, 1.165) is 43.4 Å². The highest BCUT2D eigenvalue weighted by Crippen LogP contribution is 2.41. The highest BCUT2D eigenvalue weighted by Gasteiger charge is 2.51. The van der Waals surface area contributed by atoms with Gasteiger partial charge in [0.25, 0.3) is 11.8 Å². The van der Waals surface area contributed by atoms with Crippen LogP contribution < -0.4 is 11.1 Å². The Morgan fingerprint density at radius 3 is 1.42 bits per heavy atom. The monoisotopic (exact) mass is 1070 g/mol. The normalized spacial score (nSPS) is 24.9. The molecule has 2 aromatic heterocycles. The van der Waals surface area contributed by atoms with E-state index in [1.165, 1.54) is 0 Å². The second kappa shape index (κ2) is 21.8. The zero-order valence-electron chi connectivity index (χ0n) is 44.8. The van der Waals surface area contributed by atoms with Gasteiger partial charge in [-0.2, -0.15) is 0 Å². The van der Waals surface area contributed by atoms with Crippen molar-refractivity contribution in [2.75, 3.05) is 13.1 Å². The molecule has 0 radical (unpaired) electrons. The lowest BCUT2D eigenvalue weighted by molar-refractivity contribution is -0.136. The summed E-state index contributed by atoms with van der Waals surface area (Å²) in [7, 11) is 0. The van der Waals surface area contributed by atoms with Gasteiger partial charge in [0, 0.05) is 50.2 Å². The van der Waals surface area contributed by atoms with Crippen LogP contribution in [0, 0.1) is 24.7 Å². The summed E-state index contributed by atoms with van der Waals surface area (Å²) in [5.74, 6) is -1.03. The number of β-amino-alcohol motifs (C(OH)–C–C–N with tert-alkyl or cyclic N) is 2. The largest absolute Gasteiger partial charge is 0.444 e. The van der Waals surface area contributed by atoms with Gasteiger partial charge >= 0.3 is 6.09 Å². The Kier molecular flexibility index (Phi) is 17.1. The van der Waals surface area contributed by atoms with Gasteiger partial charge in [0.1, 0.15) is 11.6 Å². The van der Waals surface area contributed by atoms with E-state index in [-0.39, 0.29) is 55.5 Å². The smallest absolute Gasteiger partial charge is 0.408 e. The third kappa shape index (κ3) is 12.2. The summed E-state index contributed by atoms with van der Waals surface area (Å²) in [6.07, 6.45) is -0.701. The standard InChI is InChI=1S/C30H40N4O5S.C25H32N4O3S.ClH/c1-17-23(40-16-31-17)18-9-11-19(12-10-18)30(8)14-21(32-26(30)37)22-13-20(35)15-34(22)25(36)24(28(2,3)4)33-27(38)39-29(5,6)7;1-14-20(33-13-27-14)15-6-8-16(9-7-15)25(5)11-18(28-23(25)32)19-10-17(30)12-29(19)22(31)21(26)24(2,3)4;/h9-12,16,20,22,24,35H,13-15H2,1-8H3,(H,33,38);6-9,13,17,19,21,30H,10-12,26H2,1-5H3;1H/t20-,22?,24-,30+;17-,19?,21-,25+;/m11./s1. The lowest BCUT2D eigenvalue weighted by Gasteiger charge is -2.36. The van der Waals surface area contributed by atoms with Crippen molar-refractivity contribution in [2.45, 2.75) is 168 Å². The molecule has 0 saturated carbocycles. The minimum atomic E-state index is -0.901. The Morgan fingerprint density at radius 2 is 1.08 bits per heavy atom. The number of aromatic nitrogens is 2. The summed E-state index contributed by atoms with van der Waals surface area (Å²) >= 11 is 3.17. The third-order valence-electron chi connectivity index (χ3n) is 14.4. The molecule has 8 rings (SSSR count). The Morgan fingerprint density at radius 1 is 0.689 bits per heavy atom. The molecular weight excluding hydrogens is 1000 g/mol. The number of aliphatic hydroxyl groups is 2. The molecule has 16 nitrogen and oxygen atoms in total. The lowest BCUT2D eigenvalue weighted by atomic mass is 9.78.